The van der Waals surface area contributed by atoms with E-state index in [0.717, 1.165) is 12.3 Å². The Bertz CT molecular complexity index is 338. The summed E-state index contributed by atoms with van der Waals surface area (Å²) in [5.41, 5.74) is 1.30. The quantitative estimate of drug-likeness (QED) is 0.810. The number of benzene rings is 1. The summed E-state index contributed by atoms with van der Waals surface area (Å²) in [6.07, 6.45) is 6.11. The molecule has 2 unspecified atom stereocenters. The van der Waals surface area contributed by atoms with Crippen molar-refractivity contribution >= 4 is 0 Å². The smallest absolute Gasteiger partial charge is 0.0587 e. The highest BCUT2D eigenvalue weighted by atomic mass is 16.3. The molecule has 100 valence electrons. The molecule has 2 rings (SSSR count). The fourth-order valence-corrected chi connectivity index (χ4v) is 3.01. The third kappa shape index (κ3) is 3.82. The zero-order valence-corrected chi connectivity index (χ0v) is 11.3. The van der Waals surface area contributed by atoms with Gasteiger partial charge in [0.1, 0.15) is 0 Å². The molecule has 0 amide bonds. The number of aliphatic hydroxyl groups is 1. The first kappa shape index (κ1) is 13.6. The maximum absolute atomic E-state index is 9.51. The lowest BCUT2D eigenvalue weighted by Crippen LogP contribution is -2.40. The summed E-state index contributed by atoms with van der Waals surface area (Å²) in [6.45, 7) is 2.50. The first-order chi connectivity index (χ1) is 8.81. The molecule has 2 N–H and O–H groups in total. The zero-order valence-electron chi connectivity index (χ0n) is 11.3. The molecule has 1 aliphatic carbocycles. The average Bonchev–Trinajstić information content (AvgIpc) is 2.87. The van der Waals surface area contributed by atoms with Gasteiger partial charge in [0.25, 0.3) is 0 Å². The number of rotatable bonds is 6. The highest BCUT2D eigenvalue weighted by Gasteiger charge is 2.25. The van der Waals surface area contributed by atoms with Gasteiger partial charge in [0, 0.05) is 12.1 Å². The van der Waals surface area contributed by atoms with Crippen molar-refractivity contribution in [1.82, 2.24) is 5.32 Å². The van der Waals surface area contributed by atoms with Gasteiger partial charge < -0.3 is 10.4 Å². The van der Waals surface area contributed by atoms with Gasteiger partial charge in [-0.2, -0.15) is 0 Å². The molecule has 0 spiro atoms. The van der Waals surface area contributed by atoms with Crippen LogP contribution in [-0.2, 0) is 6.42 Å². The maximum Gasteiger partial charge on any atom is 0.0587 e. The molecule has 1 fully saturated rings. The van der Waals surface area contributed by atoms with Crippen molar-refractivity contribution in [1.29, 1.82) is 0 Å². The fourth-order valence-electron chi connectivity index (χ4n) is 3.01. The van der Waals surface area contributed by atoms with Crippen LogP contribution in [0.1, 0.15) is 38.2 Å². The zero-order chi connectivity index (χ0) is 12.8. The van der Waals surface area contributed by atoms with E-state index in [9.17, 15) is 5.11 Å². The molecule has 1 aromatic carbocycles. The van der Waals surface area contributed by atoms with Gasteiger partial charge in [-0.1, -0.05) is 43.7 Å². The van der Waals surface area contributed by atoms with Crippen LogP contribution in [0.4, 0.5) is 0 Å². The normalized spacial score (nSPS) is 25.2. The van der Waals surface area contributed by atoms with Gasteiger partial charge in [0.2, 0.25) is 0 Å². The molecule has 1 saturated carbocycles. The molecule has 18 heavy (non-hydrogen) atoms. The molecule has 0 saturated heterocycles. The molecule has 1 aromatic rings. The SMILES string of the molecule is CCC1CCC(N[C@H](CO)Cc2ccccc2)C1. The Morgan fingerprint density at radius 1 is 1.28 bits per heavy atom. The van der Waals surface area contributed by atoms with Gasteiger partial charge in [-0.15, -0.1) is 0 Å². The van der Waals surface area contributed by atoms with Crippen molar-refractivity contribution in [3.63, 3.8) is 0 Å². The van der Waals surface area contributed by atoms with Gasteiger partial charge in [-0.3, -0.25) is 0 Å². The molecule has 0 heterocycles. The van der Waals surface area contributed by atoms with E-state index >= 15 is 0 Å². The van der Waals surface area contributed by atoms with E-state index in [1.165, 1.54) is 31.2 Å². The number of aliphatic hydroxyl groups excluding tert-OH is 1. The second-order valence-electron chi connectivity index (χ2n) is 5.52. The molecule has 1 aliphatic rings. The van der Waals surface area contributed by atoms with E-state index in [1.54, 1.807) is 0 Å². The number of hydrogen-bond donors (Lipinski definition) is 2. The van der Waals surface area contributed by atoms with E-state index in [0.29, 0.717) is 6.04 Å². The lowest BCUT2D eigenvalue weighted by molar-refractivity contribution is 0.229. The Balaban J connectivity index is 1.83. The Hall–Kier alpha value is -0.860. The lowest BCUT2D eigenvalue weighted by atomic mass is 10.0. The van der Waals surface area contributed by atoms with E-state index in [-0.39, 0.29) is 12.6 Å². The fraction of sp³-hybridized carbons (Fsp3) is 0.625. The number of hydrogen-bond acceptors (Lipinski definition) is 2. The molecular formula is C16H25NO. The van der Waals surface area contributed by atoms with Crippen LogP contribution in [-0.4, -0.2) is 23.8 Å². The van der Waals surface area contributed by atoms with Crippen molar-refractivity contribution in [2.75, 3.05) is 6.61 Å². The van der Waals surface area contributed by atoms with Crippen molar-refractivity contribution < 1.29 is 5.11 Å². The molecule has 0 aromatic heterocycles. The van der Waals surface area contributed by atoms with Crippen molar-refractivity contribution in [3.8, 4) is 0 Å². The molecule has 2 nitrogen and oxygen atoms in total. The van der Waals surface area contributed by atoms with Crippen LogP contribution in [0.3, 0.4) is 0 Å². The molecule has 3 atom stereocenters. The third-order valence-electron chi connectivity index (χ3n) is 4.14. The van der Waals surface area contributed by atoms with Crippen LogP contribution in [0.25, 0.3) is 0 Å². The number of nitrogens with one attached hydrogen (secondary N) is 1. The Kier molecular flexibility index (Phi) is 5.21. The van der Waals surface area contributed by atoms with Crippen molar-refractivity contribution in [2.45, 2.75) is 51.1 Å². The molecule has 0 aliphatic heterocycles. The summed E-state index contributed by atoms with van der Waals surface area (Å²) in [7, 11) is 0. The minimum absolute atomic E-state index is 0.202. The van der Waals surface area contributed by atoms with E-state index in [2.05, 4.69) is 36.5 Å². The lowest BCUT2D eigenvalue weighted by Gasteiger charge is -2.21. The van der Waals surface area contributed by atoms with Gasteiger partial charge in [-0.05, 0) is 37.2 Å². The van der Waals surface area contributed by atoms with Gasteiger partial charge in [-0.25, -0.2) is 0 Å². The predicted molar refractivity (Wildman–Crippen MR) is 75.6 cm³/mol. The first-order valence-electron chi connectivity index (χ1n) is 7.22. The van der Waals surface area contributed by atoms with Crippen molar-refractivity contribution in [3.05, 3.63) is 35.9 Å². The maximum atomic E-state index is 9.51. The summed E-state index contributed by atoms with van der Waals surface area (Å²) < 4.78 is 0. The summed E-state index contributed by atoms with van der Waals surface area (Å²) in [5.74, 6) is 0.888. The third-order valence-corrected chi connectivity index (χ3v) is 4.14. The van der Waals surface area contributed by atoms with Crippen LogP contribution in [0, 0.1) is 5.92 Å². The standard InChI is InChI=1S/C16H25NO/c1-2-13-8-9-15(10-13)17-16(12-18)11-14-6-4-3-5-7-14/h3-7,13,15-18H,2,8-12H2,1H3/t13?,15?,16-/m0/s1. The van der Waals surface area contributed by atoms with E-state index in [1.807, 2.05) is 6.07 Å². The van der Waals surface area contributed by atoms with Crippen LogP contribution < -0.4 is 5.32 Å². The molecule has 0 bridgehead atoms. The van der Waals surface area contributed by atoms with Gasteiger partial charge >= 0.3 is 0 Å². The largest absolute Gasteiger partial charge is 0.395 e. The van der Waals surface area contributed by atoms with Gasteiger partial charge in [0.05, 0.1) is 6.61 Å². The van der Waals surface area contributed by atoms with Crippen LogP contribution in [0.5, 0.6) is 0 Å². The average molecular weight is 247 g/mol. The Morgan fingerprint density at radius 3 is 2.67 bits per heavy atom. The van der Waals surface area contributed by atoms with E-state index in [4.69, 9.17) is 0 Å². The summed E-state index contributed by atoms with van der Waals surface area (Å²) >= 11 is 0. The summed E-state index contributed by atoms with van der Waals surface area (Å²) in [4.78, 5) is 0. The van der Waals surface area contributed by atoms with Crippen LogP contribution >= 0.6 is 0 Å². The summed E-state index contributed by atoms with van der Waals surface area (Å²) in [5, 5.41) is 13.1. The predicted octanol–water partition coefficient (Wildman–Crippen LogP) is 2.76. The molecule has 2 heteroatoms. The van der Waals surface area contributed by atoms with Gasteiger partial charge in [0.15, 0.2) is 0 Å². The van der Waals surface area contributed by atoms with Crippen LogP contribution in [0.2, 0.25) is 0 Å². The molecular weight excluding hydrogens is 222 g/mol. The second kappa shape index (κ2) is 6.91. The highest BCUT2D eigenvalue weighted by molar-refractivity contribution is 5.16. The Morgan fingerprint density at radius 2 is 2.06 bits per heavy atom. The van der Waals surface area contributed by atoms with E-state index < -0.39 is 0 Å². The monoisotopic (exact) mass is 247 g/mol. The van der Waals surface area contributed by atoms with Crippen molar-refractivity contribution in [2.24, 2.45) is 5.92 Å². The Labute approximate surface area is 110 Å². The minimum atomic E-state index is 0.202. The molecule has 0 radical (unpaired) electrons. The summed E-state index contributed by atoms with van der Waals surface area (Å²) in [6, 6.07) is 11.2. The second-order valence-corrected chi connectivity index (χ2v) is 5.52. The topological polar surface area (TPSA) is 32.3 Å². The first-order valence-corrected chi connectivity index (χ1v) is 7.22. The highest BCUT2D eigenvalue weighted by Crippen LogP contribution is 2.28. The minimum Gasteiger partial charge on any atom is -0.395 e. The van der Waals surface area contributed by atoms with Crippen LogP contribution in [0.15, 0.2) is 30.3 Å².